The summed E-state index contributed by atoms with van der Waals surface area (Å²) < 4.78 is 36.2. The molecule has 6 rings (SSSR count). The summed E-state index contributed by atoms with van der Waals surface area (Å²) in [5.41, 5.74) is 12.5. The largest absolute Gasteiger partial charge is 0.470 e. The first-order valence-electron chi connectivity index (χ1n) is 13.2. The third kappa shape index (κ3) is 5.81. The van der Waals surface area contributed by atoms with Gasteiger partial charge >= 0.3 is 7.82 Å². The molecule has 2 saturated heterocycles. The quantitative estimate of drug-likeness (QED) is 0.0522. The molecule has 0 radical (unpaired) electrons. The number of hydrogen-bond acceptors (Lipinski definition) is 17. The summed E-state index contributed by atoms with van der Waals surface area (Å²) in [6.07, 6.45) is -7.00. The molecule has 0 bridgehead atoms. The van der Waals surface area contributed by atoms with Crippen molar-refractivity contribution in [2.24, 2.45) is 0 Å². The van der Waals surface area contributed by atoms with E-state index in [4.69, 9.17) is 30.2 Å². The van der Waals surface area contributed by atoms with E-state index in [2.05, 4.69) is 41.7 Å². The number of aliphatic hydroxyl groups excluding tert-OH is 4. The molecular weight excluding hydrogens is 623 g/mol. The first-order chi connectivity index (χ1) is 21.5. The minimum Gasteiger partial charge on any atom is -0.394 e. The van der Waals surface area contributed by atoms with E-state index in [9.17, 15) is 34.8 Å². The monoisotopic (exact) mass is 650 g/mol. The van der Waals surface area contributed by atoms with Crippen molar-refractivity contribution in [2.75, 3.05) is 31.3 Å². The summed E-state index contributed by atoms with van der Waals surface area (Å²) in [5.74, 6) is 5.47. The van der Waals surface area contributed by atoms with E-state index in [1.165, 1.54) is 21.8 Å². The number of rotatable bonds is 8. The second-order valence-corrected chi connectivity index (χ2v) is 11.2. The smallest absolute Gasteiger partial charge is 0.394 e. The van der Waals surface area contributed by atoms with E-state index in [0.717, 1.165) is 6.33 Å². The molecular formula is C23H27N10O11P. The molecule has 21 nitrogen and oxygen atoms in total. The van der Waals surface area contributed by atoms with Crippen LogP contribution in [0, 0.1) is 11.8 Å². The molecule has 0 aromatic carbocycles. The highest BCUT2D eigenvalue weighted by Crippen LogP contribution is 2.45. The summed E-state index contributed by atoms with van der Waals surface area (Å²) in [6.45, 7) is -1.11. The zero-order chi connectivity index (χ0) is 32.0. The molecule has 4 aromatic heterocycles. The van der Waals surface area contributed by atoms with Gasteiger partial charge in [-0.15, -0.1) is 0 Å². The van der Waals surface area contributed by atoms with Gasteiger partial charge in [-0.1, -0.05) is 5.92 Å². The summed E-state index contributed by atoms with van der Waals surface area (Å²) >= 11 is 0. The van der Waals surface area contributed by atoms with Crippen LogP contribution in [0.15, 0.2) is 19.0 Å². The third-order valence-corrected chi connectivity index (χ3v) is 7.68. The van der Waals surface area contributed by atoms with E-state index in [1.807, 2.05) is 0 Å². The molecule has 8 atom stereocenters. The fourth-order valence-electron chi connectivity index (χ4n) is 5.10. The molecule has 0 saturated carbocycles. The highest BCUT2D eigenvalue weighted by molar-refractivity contribution is 7.46. The van der Waals surface area contributed by atoms with Gasteiger partial charge in [0.1, 0.15) is 61.4 Å². The Morgan fingerprint density at radius 2 is 1.60 bits per heavy atom. The van der Waals surface area contributed by atoms with Crippen molar-refractivity contribution < 1.29 is 53.5 Å². The maximum absolute atomic E-state index is 11.7. The lowest BCUT2D eigenvalue weighted by Crippen LogP contribution is -2.35. The maximum atomic E-state index is 11.7. The molecule has 2 aliphatic rings. The molecule has 10 N–H and O–H groups in total. The molecule has 2 fully saturated rings. The first kappa shape index (κ1) is 31.1. The van der Waals surface area contributed by atoms with Crippen LogP contribution in [0.1, 0.15) is 18.3 Å². The van der Waals surface area contributed by atoms with Crippen LogP contribution in [0.5, 0.6) is 0 Å². The molecule has 240 valence electrons. The van der Waals surface area contributed by atoms with E-state index in [1.54, 1.807) is 0 Å². The summed E-state index contributed by atoms with van der Waals surface area (Å²) in [4.78, 5) is 43.3. The van der Waals surface area contributed by atoms with Crippen molar-refractivity contribution in [2.45, 2.75) is 49.1 Å². The topological polar surface area (TPSA) is 315 Å². The van der Waals surface area contributed by atoms with Gasteiger partial charge < -0.3 is 55.9 Å². The summed E-state index contributed by atoms with van der Waals surface area (Å²) in [7, 11) is -5.13. The van der Waals surface area contributed by atoms with Crippen LogP contribution >= 0.6 is 7.82 Å². The number of imidazole rings is 2. The standard InChI is InChI=1S/C23H27N10O11P/c24-18-12-20(28-6-26-18)32(8-30-12)22-16(37)14(35)10(43-22)5-41-3-1-2-11-31-13-19(25)27-7-29-21(13)33(11)23-17(44-45(38,39)40)15(36)9(4-34)42-23/h6-10,14-17,22-23,34-37H,3-5H2,(H2,24,26,28)(H2,25,27,29)(H2,38,39,40)/t9-,10-,14-,15-,16-,17-,22-,23-/m1/s1. The zero-order valence-electron chi connectivity index (χ0n) is 22.9. The average molecular weight is 651 g/mol. The number of phosphoric ester groups is 1. The van der Waals surface area contributed by atoms with Gasteiger partial charge in [-0.05, 0) is 5.92 Å². The molecule has 45 heavy (non-hydrogen) atoms. The Balaban J connectivity index is 1.19. The van der Waals surface area contributed by atoms with E-state index in [-0.39, 0.29) is 41.8 Å². The van der Waals surface area contributed by atoms with E-state index < -0.39 is 63.5 Å². The van der Waals surface area contributed by atoms with Crippen LogP contribution in [0.4, 0.5) is 11.6 Å². The number of hydrogen-bond donors (Lipinski definition) is 8. The fraction of sp³-hybridized carbons (Fsp3) is 0.478. The molecule has 0 unspecified atom stereocenters. The van der Waals surface area contributed by atoms with Crippen molar-refractivity contribution in [1.29, 1.82) is 0 Å². The summed E-state index contributed by atoms with van der Waals surface area (Å²) in [6, 6.07) is 0. The van der Waals surface area contributed by atoms with Crippen LogP contribution in [0.2, 0.25) is 0 Å². The zero-order valence-corrected chi connectivity index (χ0v) is 23.8. The third-order valence-electron chi connectivity index (χ3n) is 7.17. The average Bonchev–Trinajstić information content (AvgIpc) is 3.73. The van der Waals surface area contributed by atoms with Gasteiger partial charge in [-0.25, -0.2) is 34.5 Å². The lowest BCUT2D eigenvalue weighted by molar-refractivity contribution is -0.0615. The maximum Gasteiger partial charge on any atom is 0.470 e. The number of nitrogen functional groups attached to an aromatic ring is 2. The van der Waals surface area contributed by atoms with Crippen LogP contribution in [-0.2, 0) is 23.3 Å². The number of aliphatic hydroxyl groups is 4. The van der Waals surface area contributed by atoms with Crippen molar-refractivity contribution in [3.8, 4) is 11.8 Å². The van der Waals surface area contributed by atoms with Gasteiger partial charge in [0.15, 0.2) is 46.7 Å². The Bertz CT molecular complexity index is 1820. The number of nitrogens with zero attached hydrogens (tertiary/aromatic N) is 8. The van der Waals surface area contributed by atoms with E-state index in [0.29, 0.717) is 11.2 Å². The van der Waals surface area contributed by atoms with E-state index >= 15 is 0 Å². The lowest BCUT2D eigenvalue weighted by Gasteiger charge is -2.22. The predicted molar refractivity (Wildman–Crippen MR) is 147 cm³/mol. The Morgan fingerprint density at radius 3 is 2.31 bits per heavy atom. The normalized spacial score (nSPS) is 28.6. The molecule has 0 aliphatic carbocycles. The van der Waals surface area contributed by atoms with Crippen LogP contribution in [-0.4, -0.2) is 126 Å². The summed E-state index contributed by atoms with van der Waals surface area (Å²) in [5, 5.41) is 41.4. The van der Waals surface area contributed by atoms with Gasteiger partial charge in [-0.2, -0.15) is 0 Å². The minimum atomic E-state index is -5.13. The van der Waals surface area contributed by atoms with Gasteiger partial charge in [0.25, 0.3) is 0 Å². The molecule has 22 heteroatoms. The van der Waals surface area contributed by atoms with Crippen molar-refractivity contribution in [1.82, 2.24) is 39.0 Å². The molecule has 2 aliphatic heterocycles. The Labute approximate surface area is 251 Å². The predicted octanol–water partition coefficient (Wildman–Crippen LogP) is -3.45. The molecule has 6 heterocycles. The number of ether oxygens (including phenoxy) is 3. The Morgan fingerprint density at radius 1 is 0.911 bits per heavy atom. The van der Waals surface area contributed by atoms with Crippen molar-refractivity contribution in [3.05, 3.63) is 24.8 Å². The fourth-order valence-corrected chi connectivity index (χ4v) is 5.64. The Kier molecular flexibility index (Phi) is 8.37. The SMILES string of the molecule is Nc1ncnc2c1ncn2[C@@H]1O[C@H](COCC#Cc2nc3c(N)ncnc3n2[C@@H]2O[C@H](CO)[C@@H](O)[C@H]2OP(=O)(O)O)[C@@H](O)[C@H]1O. The first-order valence-corrected chi connectivity index (χ1v) is 14.7. The van der Waals surface area contributed by atoms with Crippen LogP contribution < -0.4 is 11.5 Å². The van der Waals surface area contributed by atoms with Gasteiger partial charge in [0, 0.05) is 0 Å². The van der Waals surface area contributed by atoms with Crippen molar-refractivity contribution >= 4 is 41.8 Å². The second-order valence-electron chi connectivity index (χ2n) is 9.98. The minimum absolute atomic E-state index is 0.0388. The number of anilines is 2. The van der Waals surface area contributed by atoms with Crippen LogP contribution in [0.3, 0.4) is 0 Å². The highest BCUT2D eigenvalue weighted by Gasteiger charge is 2.49. The molecule has 0 spiro atoms. The van der Waals surface area contributed by atoms with Crippen molar-refractivity contribution in [3.63, 3.8) is 0 Å². The Hall–Kier alpha value is -3.91. The number of nitrogens with two attached hydrogens (primary N) is 2. The van der Waals surface area contributed by atoms with Gasteiger partial charge in [0.05, 0.1) is 19.5 Å². The molecule has 4 aromatic rings. The second kappa shape index (κ2) is 12.1. The number of fused-ring (bicyclic) bond motifs is 2. The van der Waals surface area contributed by atoms with Gasteiger partial charge in [-0.3, -0.25) is 13.7 Å². The number of aromatic nitrogens is 8. The van der Waals surface area contributed by atoms with Crippen LogP contribution in [0.25, 0.3) is 22.3 Å². The lowest BCUT2D eigenvalue weighted by atomic mass is 10.1. The highest BCUT2D eigenvalue weighted by atomic mass is 31.2. The van der Waals surface area contributed by atoms with Gasteiger partial charge in [0.2, 0.25) is 0 Å². The molecule has 0 amide bonds. The number of phosphoric acid groups is 1.